The molecule has 0 spiro atoms. The molecule has 2 heterocycles. The Balaban J connectivity index is 2.23. The Hall–Kier alpha value is -2.27. The van der Waals surface area contributed by atoms with E-state index in [0.29, 0.717) is 23.6 Å². The van der Waals surface area contributed by atoms with Crippen LogP contribution in [0.4, 0.5) is 4.39 Å². The zero-order chi connectivity index (χ0) is 12.5. The van der Waals surface area contributed by atoms with Crippen molar-refractivity contribution in [2.45, 2.75) is 6.54 Å². The summed E-state index contributed by atoms with van der Waals surface area (Å²) in [5.41, 5.74) is 7.58. The fourth-order valence-electron chi connectivity index (χ4n) is 1.88. The van der Waals surface area contributed by atoms with E-state index in [1.165, 1.54) is 6.07 Å². The van der Waals surface area contributed by atoms with Crippen LogP contribution in [0.2, 0.25) is 0 Å². The van der Waals surface area contributed by atoms with Crippen molar-refractivity contribution >= 4 is 5.65 Å². The zero-order valence-corrected chi connectivity index (χ0v) is 9.55. The third-order valence-electron chi connectivity index (χ3n) is 2.78. The molecular weight excluding hydrogens is 231 g/mol. The Morgan fingerprint density at radius 2 is 2.00 bits per heavy atom. The summed E-state index contributed by atoms with van der Waals surface area (Å²) < 4.78 is 15.3. The Bertz CT molecular complexity index is 705. The van der Waals surface area contributed by atoms with Gasteiger partial charge in [0.15, 0.2) is 11.5 Å². The largest absolute Gasteiger partial charge is 0.326 e. The van der Waals surface area contributed by atoms with Gasteiger partial charge in [0.05, 0.1) is 5.56 Å². The van der Waals surface area contributed by atoms with Crippen molar-refractivity contribution in [3.8, 4) is 11.4 Å². The Morgan fingerprint density at radius 1 is 1.17 bits per heavy atom. The van der Waals surface area contributed by atoms with E-state index in [9.17, 15) is 4.39 Å². The van der Waals surface area contributed by atoms with Gasteiger partial charge < -0.3 is 5.73 Å². The Labute approximate surface area is 103 Å². The van der Waals surface area contributed by atoms with Crippen molar-refractivity contribution in [1.82, 2.24) is 14.6 Å². The van der Waals surface area contributed by atoms with Gasteiger partial charge in [0.25, 0.3) is 0 Å². The van der Waals surface area contributed by atoms with Crippen LogP contribution >= 0.6 is 0 Å². The highest BCUT2D eigenvalue weighted by atomic mass is 19.1. The summed E-state index contributed by atoms with van der Waals surface area (Å²) in [6.45, 7) is 0.375. The minimum absolute atomic E-state index is 0.331. The van der Waals surface area contributed by atoms with E-state index in [0.717, 1.165) is 5.56 Å². The third-order valence-corrected chi connectivity index (χ3v) is 2.78. The third kappa shape index (κ3) is 1.65. The number of benzene rings is 1. The van der Waals surface area contributed by atoms with Gasteiger partial charge >= 0.3 is 0 Å². The normalized spacial score (nSPS) is 11.0. The van der Waals surface area contributed by atoms with Crippen LogP contribution in [0.3, 0.4) is 0 Å². The first-order valence-corrected chi connectivity index (χ1v) is 5.59. The van der Waals surface area contributed by atoms with E-state index in [2.05, 4.69) is 10.1 Å². The minimum atomic E-state index is -0.331. The SMILES string of the molecule is NCc1cccn2nc(-c3ccccc3F)nc12. The lowest BCUT2D eigenvalue weighted by Gasteiger charge is -1.96. The number of fused-ring (bicyclic) bond motifs is 1. The van der Waals surface area contributed by atoms with Crippen LogP contribution in [-0.4, -0.2) is 14.6 Å². The highest BCUT2D eigenvalue weighted by molar-refractivity contribution is 5.60. The average molecular weight is 242 g/mol. The van der Waals surface area contributed by atoms with Crippen LogP contribution in [0.5, 0.6) is 0 Å². The predicted molar refractivity (Wildman–Crippen MR) is 66.3 cm³/mol. The van der Waals surface area contributed by atoms with E-state index < -0.39 is 0 Å². The summed E-state index contributed by atoms with van der Waals surface area (Å²) in [7, 11) is 0. The number of rotatable bonds is 2. The van der Waals surface area contributed by atoms with E-state index in [1.807, 2.05) is 12.1 Å². The number of halogens is 1. The van der Waals surface area contributed by atoms with Crippen molar-refractivity contribution < 1.29 is 4.39 Å². The molecule has 0 saturated heterocycles. The van der Waals surface area contributed by atoms with Crippen molar-refractivity contribution in [2.75, 3.05) is 0 Å². The van der Waals surface area contributed by atoms with Crippen molar-refractivity contribution in [1.29, 1.82) is 0 Å². The molecule has 0 aliphatic rings. The van der Waals surface area contributed by atoms with Gasteiger partial charge in [0, 0.05) is 18.3 Å². The maximum absolute atomic E-state index is 13.7. The van der Waals surface area contributed by atoms with E-state index in [1.54, 1.807) is 28.9 Å². The van der Waals surface area contributed by atoms with Gasteiger partial charge in [-0.3, -0.25) is 0 Å². The fourth-order valence-corrected chi connectivity index (χ4v) is 1.88. The number of nitrogens with zero attached hydrogens (tertiary/aromatic N) is 3. The molecule has 2 aromatic heterocycles. The number of hydrogen-bond donors (Lipinski definition) is 1. The molecule has 0 amide bonds. The average Bonchev–Trinajstić information content (AvgIpc) is 2.82. The second-order valence-corrected chi connectivity index (χ2v) is 3.92. The summed E-state index contributed by atoms with van der Waals surface area (Å²) in [5, 5.41) is 4.26. The first-order valence-electron chi connectivity index (χ1n) is 5.59. The first-order chi connectivity index (χ1) is 8.79. The molecule has 0 aliphatic heterocycles. The van der Waals surface area contributed by atoms with Crippen molar-refractivity contribution in [3.63, 3.8) is 0 Å². The maximum Gasteiger partial charge on any atom is 0.185 e. The highest BCUT2D eigenvalue weighted by Crippen LogP contribution is 2.20. The molecule has 0 atom stereocenters. The predicted octanol–water partition coefficient (Wildman–Crippen LogP) is 1.99. The molecule has 3 aromatic rings. The molecule has 0 aliphatic carbocycles. The number of pyridine rings is 1. The summed E-state index contributed by atoms with van der Waals surface area (Å²) in [6.07, 6.45) is 1.77. The van der Waals surface area contributed by atoms with Crippen LogP contribution in [0.1, 0.15) is 5.56 Å². The minimum Gasteiger partial charge on any atom is -0.326 e. The molecule has 18 heavy (non-hydrogen) atoms. The summed E-state index contributed by atoms with van der Waals surface area (Å²) in [5.74, 6) is 0.0386. The van der Waals surface area contributed by atoms with Crippen LogP contribution in [0.25, 0.3) is 17.0 Å². The molecule has 4 nitrogen and oxygen atoms in total. The van der Waals surface area contributed by atoms with Crippen LogP contribution in [0, 0.1) is 5.82 Å². The van der Waals surface area contributed by atoms with Gasteiger partial charge in [-0.25, -0.2) is 13.9 Å². The lowest BCUT2D eigenvalue weighted by atomic mass is 10.2. The molecular formula is C13H11FN4. The monoisotopic (exact) mass is 242 g/mol. The molecule has 0 fully saturated rings. The second kappa shape index (κ2) is 4.19. The Kier molecular flexibility index (Phi) is 2.53. The number of nitrogens with two attached hydrogens (primary N) is 1. The van der Waals surface area contributed by atoms with Gasteiger partial charge in [0.2, 0.25) is 0 Å². The van der Waals surface area contributed by atoms with Crippen LogP contribution < -0.4 is 5.73 Å². The van der Waals surface area contributed by atoms with Crippen LogP contribution in [-0.2, 0) is 6.54 Å². The van der Waals surface area contributed by atoms with Gasteiger partial charge in [-0.05, 0) is 18.2 Å². The van der Waals surface area contributed by atoms with Gasteiger partial charge in [-0.1, -0.05) is 18.2 Å². The molecule has 2 N–H and O–H groups in total. The number of aromatic nitrogens is 3. The summed E-state index contributed by atoms with van der Waals surface area (Å²) in [6, 6.07) is 10.2. The van der Waals surface area contributed by atoms with Gasteiger partial charge in [-0.2, -0.15) is 0 Å². The van der Waals surface area contributed by atoms with Crippen molar-refractivity contribution in [3.05, 3.63) is 54.0 Å². The Morgan fingerprint density at radius 3 is 2.78 bits per heavy atom. The fraction of sp³-hybridized carbons (Fsp3) is 0.0769. The molecule has 0 bridgehead atoms. The lowest BCUT2D eigenvalue weighted by molar-refractivity contribution is 0.630. The molecule has 0 radical (unpaired) electrons. The topological polar surface area (TPSA) is 56.2 Å². The molecule has 90 valence electrons. The summed E-state index contributed by atoms with van der Waals surface area (Å²) >= 11 is 0. The van der Waals surface area contributed by atoms with E-state index in [-0.39, 0.29) is 5.82 Å². The summed E-state index contributed by atoms with van der Waals surface area (Å²) in [4.78, 5) is 4.35. The molecule has 0 unspecified atom stereocenters. The molecule has 5 heteroatoms. The maximum atomic E-state index is 13.7. The number of hydrogen-bond acceptors (Lipinski definition) is 3. The molecule has 0 saturated carbocycles. The smallest absolute Gasteiger partial charge is 0.185 e. The second-order valence-electron chi connectivity index (χ2n) is 3.92. The standard InChI is InChI=1S/C13H11FN4/c14-11-6-2-1-5-10(11)12-16-13-9(8-15)4-3-7-18(13)17-12/h1-7H,8,15H2. The van der Waals surface area contributed by atoms with Crippen molar-refractivity contribution in [2.24, 2.45) is 5.73 Å². The lowest BCUT2D eigenvalue weighted by Crippen LogP contribution is -1.99. The van der Waals surface area contributed by atoms with Crippen LogP contribution in [0.15, 0.2) is 42.6 Å². The van der Waals surface area contributed by atoms with E-state index >= 15 is 0 Å². The van der Waals surface area contributed by atoms with E-state index in [4.69, 9.17) is 5.73 Å². The van der Waals surface area contributed by atoms with Gasteiger partial charge in [0.1, 0.15) is 5.82 Å². The quantitative estimate of drug-likeness (QED) is 0.747. The molecule has 3 rings (SSSR count). The van der Waals surface area contributed by atoms with Gasteiger partial charge in [-0.15, -0.1) is 5.10 Å². The first kappa shape index (κ1) is 10.9. The highest BCUT2D eigenvalue weighted by Gasteiger charge is 2.11. The zero-order valence-electron chi connectivity index (χ0n) is 9.55. The molecule has 1 aromatic carbocycles.